The highest BCUT2D eigenvalue weighted by Crippen LogP contribution is 2.32. The van der Waals surface area contributed by atoms with E-state index in [2.05, 4.69) is 24.0 Å². The van der Waals surface area contributed by atoms with E-state index in [1.165, 1.54) is 19.3 Å². The fourth-order valence-electron chi connectivity index (χ4n) is 2.76. The third-order valence-electron chi connectivity index (χ3n) is 4.05. The first-order valence-corrected chi connectivity index (χ1v) is 9.42. The number of hydrogen-bond donors (Lipinski definition) is 0. The molecule has 0 unspecified atom stereocenters. The van der Waals surface area contributed by atoms with Crippen LogP contribution in [-0.2, 0) is 4.79 Å². The van der Waals surface area contributed by atoms with Crippen LogP contribution in [0.5, 0.6) is 0 Å². The summed E-state index contributed by atoms with van der Waals surface area (Å²) < 4.78 is 0.900. The minimum Gasteiger partial charge on any atom is -0.342 e. The molecule has 2 rings (SSSR count). The molecule has 1 aliphatic carbocycles. The molecule has 1 saturated carbocycles. The first-order chi connectivity index (χ1) is 9.99. The fraction of sp³-hybridized carbons (Fsp3) is 0.800. The molecule has 0 aliphatic heterocycles. The maximum atomic E-state index is 12.9. The summed E-state index contributed by atoms with van der Waals surface area (Å²) >= 11 is 3.14. The summed E-state index contributed by atoms with van der Waals surface area (Å²) in [5, 5.41) is 9.09. The standard InChI is InChI=1S/C15H25N3OS2/c1-10(2)13(21-15-17-16-11(3)20-15)14(19)18(4)12-8-6-5-7-9-12/h10,12-13H,5-9H2,1-4H3/t13-/m0/s1. The van der Waals surface area contributed by atoms with Crippen molar-refractivity contribution in [1.29, 1.82) is 0 Å². The number of carbonyl (C=O) groups excluding carboxylic acids is 1. The Morgan fingerprint density at radius 1 is 1.29 bits per heavy atom. The van der Waals surface area contributed by atoms with Gasteiger partial charge in [0.15, 0.2) is 4.34 Å². The van der Waals surface area contributed by atoms with Crippen molar-refractivity contribution in [2.45, 2.75) is 68.5 Å². The van der Waals surface area contributed by atoms with Crippen molar-refractivity contribution in [1.82, 2.24) is 15.1 Å². The van der Waals surface area contributed by atoms with Gasteiger partial charge in [0.25, 0.3) is 0 Å². The zero-order valence-corrected chi connectivity index (χ0v) is 15.0. The molecule has 0 saturated heterocycles. The van der Waals surface area contributed by atoms with Crippen LogP contribution in [-0.4, -0.2) is 39.3 Å². The summed E-state index contributed by atoms with van der Waals surface area (Å²) in [6.45, 7) is 6.17. The van der Waals surface area contributed by atoms with Gasteiger partial charge in [0, 0.05) is 13.1 Å². The highest BCUT2D eigenvalue weighted by Gasteiger charge is 2.31. The molecular formula is C15H25N3OS2. The SMILES string of the molecule is Cc1nnc(S[C@H](C(=O)N(C)C2CCCCC2)C(C)C)s1. The summed E-state index contributed by atoms with van der Waals surface area (Å²) in [5.74, 6) is 0.535. The summed E-state index contributed by atoms with van der Waals surface area (Å²) in [6.07, 6.45) is 6.10. The monoisotopic (exact) mass is 327 g/mol. The molecule has 0 bridgehead atoms. The molecule has 1 heterocycles. The molecular weight excluding hydrogens is 302 g/mol. The molecule has 1 amide bonds. The van der Waals surface area contributed by atoms with Crippen LogP contribution in [0, 0.1) is 12.8 Å². The van der Waals surface area contributed by atoms with Crippen LogP contribution in [0.4, 0.5) is 0 Å². The molecule has 0 radical (unpaired) electrons. The maximum Gasteiger partial charge on any atom is 0.236 e. The third-order valence-corrected chi connectivity index (χ3v) is 6.51. The van der Waals surface area contributed by atoms with Crippen molar-refractivity contribution in [3.63, 3.8) is 0 Å². The number of amides is 1. The van der Waals surface area contributed by atoms with Crippen LogP contribution in [0.15, 0.2) is 4.34 Å². The Kier molecular flexibility index (Phi) is 6.05. The van der Waals surface area contributed by atoms with Gasteiger partial charge in [-0.25, -0.2) is 0 Å². The molecule has 1 atom stereocenters. The van der Waals surface area contributed by atoms with Crippen molar-refractivity contribution in [2.75, 3.05) is 7.05 Å². The minimum atomic E-state index is -0.0655. The zero-order valence-electron chi connectivity index (χ0n) is 13.3. The Hall–Kier alpha value is -0.620. The number of hydrogen-bond acceptors (Lipinski definition) is 5. The van der Waals surface area contributed by atoms with Crippen LogP contribution < -0.4 is 0 Å². The average molecular weight is 328 g/mol. The average Bonchev–Trinajstić information content (AvgIpc) is 2.89. The lowest BCUT2D eigenvalue weighted by Crippen LogP contribution is -2.44. The van der Waals surface area contributed by atoms with Gasteiger partial charge in [0.05, 0.1) is 5.25 Å². The van der Waals surface area contributed by atoms with Crippen LogP contribution in [0.1, 0.15) is 51.0 Å². The first kappa shape index (κ1) is 16.7. The number of rotatable bonds is 5. The molecule has 1 fully saturated rings. The summed E-state index contributed by atoms with van der Waals surface area (Å²) in [4.78, 5) is 14.8. The van der Waals surface area contributed by atoms with Crippen LogP contribution >= 0.6 is 23.1 Å². The Morgan fingerprint density at radius 3 is 2.48 bits per heavy atom. The van der Waals surface area contributed by atoms with E-state index in [-0.39, 0.29) is 17.1 Å². The molecule has 0 aromatic carbocycles. The van der Waals surface area contributed by atoms with Crippen molar-refractivity contribution >= 4 is 29.0 Å². The summed E-state index contributed by atoms with van der Waals surface area (Å²) in [5.41, 5.74) is 0. The highest BCUT2D eigenvalue weighted by atomic mass is 32.2. The van der Waals surface area contributed by atoms with E-state index in [0.717, 1.165) is 22.2 Å². The van der Waals surface area contributed by atoms with Gasteiger partial charge in [-0.1, -0.05) is 56.2 Å². The van der Waals surface area contributed by atoms with E-state index >= 15 is 0 Å². The molecule has 0 spiro atoms. The first-order valence-electron chi connectivity index (χ1n) is 7.72. The van der Waals surface area contributed by atoms with Gasteiger partial charge in [0.2, 0.25) is 5.91 Å². The molecule has 4 nitrogen and oxygen atoms in total. The molecule has 1 aromatic rings. The van der Waals surface area contributed by atoms with Gasteiger partial charge in [0.1, 0.15) is 5.01 Å². The number of nitrogens with zero attached hydrogens (tertiary/aromatic N) is 3. The van der Waals surface area contributed by atoms with Crippen LogP contribution in [0.25, 0.3) is 0 Å². The van der Waals surface area contributed by atoms with Crippen molar-refractivity contribution in [2.24, 2.45) is 5.92 Å². The van der Waals surface area contributed by atoms with E-state index in [4.69, 9.17) is 0 Å². The Morgan fingerprint density at radius 2 is 1.95 bits per heavy atom. The lowest BCUT2D eigenvalue weighted by molar-refractivity contribution is -0.132. The van der Waals surface area contributed by atoms with E-state index < -0.39 is 0 Å². The third kappa shape index (κ3) is 4.42. The number of aromatic nitrogens is 2. The van der Waals surface area contributed by atoms with Crippen LogP contribution in [0.2, 0.25) is 0 Å². The maximum absolute atomic E-state index is 12.9. The van der Waals surface area contributed by atoms with E-state index in [1.807, 2.05) is 18.9 Å². The molecule has 21 heavy (non-hydrogen) atoms. The van der Waals surface area contributed by atoms with Gasteiger partial charge >= 0.3 is 0 Å². The Labute approximate surface area is 135 Å². The Balaban J connectivity index is 2.04. The highest BCUT2D eigenvalue weighted by molar-refractivity contribution is 8.02. The lowest BCUT2D eigenvalue weighted by Gasteiger charge is -2.34. The summed E-state index contributed by atoms with van der Waals surface area (Å²) in [7, 11) is 1.97. The summed E-state index contributed by atoms with van der Waals surface area (Å²) in [6, 6.07) is 0.421. The van der Waals surface area contributed by atoms with Gasteiger partial charge in [-0.05, 0) is 25.7 Å². The second kappa shape index (κ2) is 7.58. The van der Waals surface area contributed by atoms with E-state index in [9.17, 15) is 4.79 Å². The second-order valence-electron chi connectivity index (χ2n) is 6.11. The van der Waals surface area contributed by atoms with Gasteiger partial charge in [-0.15, -0.1) is 10.2 Å². The van der Waals surface area contributed by atoms with Gasteiger partial charge < -0.3 is 4.90 Å². The normalized spacial score (nSPS) is 18.0. The predicted octanol–water partition coefficient (Wildman–Crippen LogP) is 3.75. The van der Waals surface area contributed by atoms with E-state index in [1.54, 1.807) is 23.1 Å². The van der Waals surface area contributed by atoms with Gasteiger partial charge in [-0.2, -0.15) is 0 Å². The second-order valence-corrected chi connectivity index (χ2v) is 8.68. The van der Waals surface area contributed by atoms with Crippen LogP contribution in [0.3, 0.4) is 0 Å². The molecule has 1 aliphatic rings. The number of carbonyl (C=O) groups is 1. The number of thioether (sulfide) groups is 1. The molecule has 6 heteroatoms. The largest absolute Gasteiger partial charge is 0.342 e. The smallest absolute Gasteiger partial charge is 0.236 e. The van der Waals surface area contributed by atoms with Crippen molar-refractivity contribution in [3.05, 3.63) is 5.01 Å². The molecule has 0 N–H and O–H groups in total. The Bertz CT molecular complexity index is 469. The number of aryl methyl sites for hydroxylation is 1. The molecule has 118 valence electrons. The quantitative estimate of drug-likeness (QED) is 0.773. The predicted molar refractivity (Wildman–Crippen MR) is 88.8 cm³/mol. The fourth-order valence-corrected chi connectivity index (χ4v) is 4.88. The van der Waals surface area contributed by atoms with Gasteiger partial charge in [-0.3, -0.25) is 4.79 Å². The zero-order chi connectivity index (χ0) is 15.4. The topological polar surface area (TPSA) is 46.1 Å². The van der Waals surface area contributed by atoms with Crippen molar-refractivity contribution < 1.29 is 4.79 Å². The molecule has 1 aromatic heterocycles. The van der Waals surface area contributed by atoms with E-state index in [0.29, 0.717) is 6.04 Å². The van der Waals surface area contributed by atoms with Crippen molar-refractivity contribution in [3.8, 4) is 0 Å². The lowest BCUT2D eigenvalue weighted by atomic mass is 9.94. The minimum absolute atomic E-state index is 0.0655.